The van der Waals surface area contributed by atoms with Gasteiger partial charge in [-0.3, -0.25) is 10.1 Å². The first-order chi connectivity index (χ1) is 13.0. The minimum Gasteiger partial charge on any atom is -0.481 e. The first-order valence-electron chi connectivity index (χ1n) is 7.90. The summed E-state index contributed by atoms with van der Waals surface area (Å²) in [6, 6.07) is 12.3. The van der Waals surface area contributed by atoms with E-state index in [1.165, 1.54) is 23.5 Å². The van der Waals surface area contributed by atoms with Crippen molar-refractivity contribution in [2.45, 2.75) is 13.0 Å². The predicted octanol–water partition coefficient (Wildman–Crippen LogP) is 4.35. The fourth-order valence-corrected chi connectivity index (χ4v) is 2.65. The number of ether oxygens (including phenoxy) is 2. The number of anilines is 1. The number of nitrogens with zero attached hydrogens (tertiary/aromatic N) is 2. The zero-order chi connectivity index (χ0) is 19.2. The van der Waals surface area contributed by atoms with Crippen LogP contribution < -0.4 is 14.8 Å². The van der Waals surface area contributed by atoms with Gasteiger partial charge in [0.1, 0.15) is 11.5 Å². The molecule has 1 amide bonds. The highest BCUT2D eigenvalue weighted by atomic mass is 32.1. The van der Waals surface area contributed by atoms with Crippen molar-refractivity contribution < 1.29 is 18.7 Å². The first-order valence-corrected chi connectivity index (χ1v) is 8.77. The van der Waals surface area contributed by atoms with Crippen LogP contribution in [0.15, 0.2) is 54.0 Å². The van der Waals surface area contributed by atoms with Gasteiger partial charge in [0, 0.05) is 11.6 Å². The number of hydrogen-bond donors (Lipinski definition) is 1. The molecule has 1 atom stereocenters. The smallest absolute Gasteiger partial charge is 0.266 e. The predicted molar refractivity (Wildman–Crippen MR) is 98.5 cm³/mol. The zero-order valence-corrected chi connectivity index (χ0v) is 15.0. The minimum absolute atomic E-state index is 0.0128. The summed E-state index contributed by atoms with van der Waals surface area (Å²) in [6.45, 7) is 1.62. The third-order valence-electron chi connectivity index (χ3n) is 3.46. The van der Waals surface area contributed by atoms with Gasteiger partial charge in [-0.1, -0.05) is 0 Å². The Morgan fingerprint density at radius 2 is 2.00 bits per heavy atom. The maximum Gasteiger partial charge on any atom is 0.266 e. The van der Waals surface area contributed by atoms with Crippen molar-refractivity contribution >= 4 is 22.4 Å². The molecule has 0 saturated heterocycles. The number of carbonyl (C=O) groups excluding carboxylic acids is 1. The summed E-state index contributed by atoms with van der Waals surface area (Å²) in [5, 5.41) is 13.7. The van der Waals surface area contributed by atoms with Gasteiger partial charge in [0.2, 0.25) is 0 Å². The molecular formula is C19H14FN3O3S. The van der Waals surface area contributed by atoms with E-state index < -0.39 is 11.9 Å². The van der Waals surface area contributed by atoms with E-state index in [4.69, 9.17) is 14.7 Å². The molecule has 0 saturated carbocycles. The molecule has 0 fully saturated rings. The Labute approximate surface area is 158 Å². The van der Waals surface area contributed by atoms with E-state index >= 15 is 0 Å². The second-order valence-electron chi connectivity index (χ2n) is 5.42. The minimum atomic E-state index is -0.725. The Hall–Kier alpha value is -3.44. The van der Waals surface area contributed by atoms with Gasteiger partial charge in [-0.05, 0) is 49.4 Å². The van der Waals surface area contributed by atoms with Gasteiger partial charge in [-0.15, -0.1) is 11.3 Å². The van der Waals surface area contributed by atoms with Crippen molar-refractivity contribution in [3.63, 3.8) is 0 Å². The number of nitriles is 1. The number of benzene rings is 2. The van der Waals surface area contributed by atoms with Gasteiger partial charge < -0.3 is 9.47 Å². The highest BCUT2D eigenvalue weighted by molar-refractivity contribution is 7.13. The molecule has 3 rings (SSSR count). The number of hydrogen-bond acceptors (Lipinski definition) is 6. The molecule has 8 heteroatoms. The molecule has 6 nitrogen and oxygen atoms in total. The summed E-state index contributed by atoms with van der Waals surface area (Å²) in [4.78, 5) is 16.0. The molecular weight excluding hydrogens is 369 g/mol. The second-order valence-corrected chi connectivity index (χ2v) is 6.31. The Morgan fingerprint density at radius 1 is 1.26 bits per heavy atom. The average Bonchev–Trinajstić information content (AvgIpc) is 3.17. The number of carbonyl (C=O) groups is 1. The van der Waals surface area contributed by atoms with E-state index in [0.717, 1.165) is 6.07 Å². The normalized spacial score (nSPS) is 11.3. The van der Waals surface area contributed by atoms with Crippen LogP contribution in [0.25, 0.3) is 0 Å². The number of aromatic nitrogens is 1. The third-order valence-corrected chi connectivity index (χ3v) is 4.15. The number of halogens is 1. The molecule has 0 bridgehead atoms. The van der Waals surface area contributed by atoms with E-state index in [1.807, 2.05) is 6.07 Å². The van der Waals surface area contributed by atoms with Crippen molar-refractivity contribution in [3.05, 3.63) is 65.4 Å². The molecule has 3 aromatic rings. The largest absolute Gasteiger partial charge is 0.481 e. The van der Waals surface area contributed by atoms with E-state index in [2.05, 4.69) is 10.3 Å². The van der Waals surface area contributed by atoms with Crippen LogP contribution in [0.5, 0.6) is 17.2 Å². The van der Waals surface area contributed by atoms with Gasteiger partial charge in [-0.2, -0.15) is 5.26 Å². The van der Waals surface area contributed by atoms with Crippen molar-refractivity contribution in [3.8, 4) is 23.3 Å². The molecule has 0 aliphatic rings. The third kappa shape index (κ3) is 4.80. The highest BCUT2D eigenvalue weighted by Crippen LogP contribution is 2.27. The molecule has 136 valence electrons. The Kier molecular flexibility index (Phi) is 5.64. The lowest BCUT2D eigenvalue weighted by Gasteiger charge is -2.14. The second kappa shape index (κ2) is 8.29. The quantitative estimate of drug-likeness (QED) is 0.684. The van der Waals surface area contributed by atoms with Crippen LogP contribution in [0, 0.1) is 17.1 Å². The molecule has 0 aliphatic heterocycles. The number of nitrogens with one attached hydrogen (secondary N) is 1. The van der Waals surface area contributed by atoms with Gasteiger partial charge in [0.25, 0.3) is 5.91 Å². The van der Waals surface area contributed by atoms with Crippen LogP contribution >= 0.6 is 11.3 Å². The molecule has 2 aromatic carbocycles. The van der Waals surface area contributed by atoms with Gasteiger partial charge in [0.05, 0.1) is 11.6 Å². The zero-order valence-electron chi connectivity index (χ0n) is 14.2. The van der Waals surface area contributed by atoms with Crippen LogP contribution in [-0.2, 0) is 4.79 Å². The first kappa shape index (κ1) is 18.4. The van der Waals surface area contributed by atoms with Crippen LogP contribution in [0.1, 0.15) is 12.5 Å². The van der Waals surface area contributed by atoms with Gasteiger partial charge in [0.15, 0.2) is 22.8 Å². The van der Waals surface area contributed by atoms with E-state index in [0.29, 0.717) is 16.6 Å². The van der Waals surface area contributed by atoms with E-state index in [-0.39, 0.29) is 17.2 Å². The Balaban J connectivity index is 1.60. The number of amides is 1. The molecule has 1 N–H and O–H groups in total. The number of thiazole rings is 1. The van der Waals surface area contributed by atoms with Crippen molar-refractivity contribution in [2.75, 3.05) is 5.32 Å². The lowest BCUT2D eigenvalue weighted by Crippen LogP contribution is -2.30. The lowest BCUT2D eigenvalue weighted by atomic mass is 10.2. The summed E-state index contributed by atoms with van der Waals surface area (Å²) in [7, 11) is 0. The standard InChI is InChI=1S/C19H14FN3O3S/c1-12(18(24)23-19-22-8-9-27-19)25-14-3-5-15(6-4-14)26-17-7-2-13(11-21)10-16(17)20/h2-10,12H,1H3,(H,22,23,24). The van der Waals surface area contributed by atoms with Gasteiger partial charge >= 0.3 is 0 Å². The Bertz CT molecular complexity index is 969. The van der Waals surface area contributed by atoms with Crippen LogP contribution in [0.3, 0.4) is 0 Å². The van der Waals surface area contributed by atoms with E-state index in [9.17, 15) is 9.18 Å². The highest BCUT2D eigenvalue weighted by Gasteiger charge is 2.16. The maximum atomic E-state index is 13.9. The molecule has 0 spiro atoms. The van der Waals surface area contributed by atoms with E-state index in [1.54, 1.807) is 42.8 Å². The topological polar surface area (TPSA) is 84.2 Å². The summed E-state index contributed by atoms with van der Waals surface area (Å²) >= 11 is 1.32. The van der Waals surface area contributed by atoms with Crippen LogP contribution in [-0.4, -0.2) is 17.0 Å². The summed E-state index contributed by atoms with van der Waals surface area (Å²) in [6.07, 6.45) is 0.873. The van der Waals surface area contributed by atoms with Crippen molar-refractivity contribution in [1.29, 1.82) is 5.26 Å². The number of rotatable bonds is 6. The average molecular weight is 383 g/mol. The monoisotopic (exact) mass is 383 g/mol. The fourth-order valence-electron chi connectivity index (χ4n) is 2.12. The molecule has 27 heavy (non-hydrogen) atoms. The van der Waals surface area contributed by atoms with Crippen molar-refractivity contribution in [1.82, 2.24) is 4.98 Å². The molecule has 1 aromatic heterocycles. The summed E-state index contributed by atoms with van der Waals surface area (Å²) in [5.41, 5.74) is 0.216. The fraction of sp³-hybridized carbons (Fsp3) is 0.105. The Morgan fingerprint density at radius 3 is 2.63 bits per heavy atom. The van der Waals surface area contributed by atoms with Crippen molar-refractivity contribution in [2.24, 2.45) is 0 Å². The molecule has 0 aliphatic carbocycles. The van der Waals surface area contributed by atoms with Crippen LogP contribution in [0.2, 0.25) is 0 Å². The SMILES string of the molecule is CC(Oc1ccc(Oc2ccc(C#N)cc2F)cc1)C(=O)Nc1nccs1. The summed E-state index contributed by atoms with van der Waals surface area (Å²) < 4.78 is 24.9. The van der Waals surface area contributed by atoms with Crippen LogP contribution in [0.4, 0.5) is 9.52 Å². The molecule has 0 radical (unpaired) electrons. The maximum absolute atomic E-state index is 13.9. The molecule has 1 unspecified atom stereocenters. The molecule has 1 heterocycles. The van der Waals surface area contributed by atoms with Gasteiger partial charge in [-0.25, -0.2) is 9.37 Å². The summed E-state index contributed by atoms with van der Waals surface area (Å²) in [5.74, 6) is -0.0686. The lowest BCUT2D eigenvalue weighted by molar-refractivity contribution is -0.122.